The van der Waals surface area contributed by atoms with Gasteiger partial charge in [-0.3, -0.25) is 10.1 Å². The van der Waals surface area contributed by atoms with Gasteiger partial charge < -0.3 is 4.42 Å². The van der Waals surface area contributed by atoms with E-state index in [9.17, 15) is 4.79 Å². The summed E-state index contributed by atoms with van der Waals surface area (Å²) in [6.07, 6.45) is 1.31. The number of nitrogens with one attached hydrogen (secondary N) is 1. The third-order valence-electron chi connectivity index (χ3n) is 2.69. The van der Waals surface area contributed by atoms with Gasteiger partial charge in [0.05, 0.1) is 0 Å². The first-order chi connectivity index (χ1) is 10.7. The van der Waals surface area contributed by atoms with Crippen molar-refractivity contribution in [3.8, 4) is 0 Å². The largest absolute Gasteiger partial charge is 0.448 e. The molecule has 1 aromatic carbocycles. The Hall–Kier alpha value is -2.19. The number of benzene rings is 1. The fraction of sp³-hybridized carbons (Fsp3) is 0.143. The Bertz CT molecular complexity index is 770. The molecule has 3 rings (SSSR count). The van der Waals surface area contributed by atoms with Gasteiger partial charge in [-0.25, -0.2) is 4.98 Å². The molecule has 3 aromatic rings. The third kappa shape index (κ3) is 3.71. The number of rotatable bonds is 5. The maximum atomic E-state index is 11.9. The molecule has 0 spiro atoms. The first-order valence-electron chi connectivity index (χ1n) is 6.44. The monoisotopic (exact) mass is 332 g/mol. The van der Waals surface area contributed by atoms with E-state index < -0.39 is 0 Å². The second-order valence-electron chi connectivity index (χ2n) is 4.36. The van der Waals surface area contributed by atoms with Crippen molar-refractivity contribution in [3.63, 3.8) is 0 Å². The summed E-state index contributed by atoms with van der Waals surface area (Å²) in [4.78, 5) is 20.1. The van der Waals surface area contributed by atoms with Crippen molar-refractivity contribution in [3.05, 3.63) is 53.7 Å². The van der Waals surface area contributed by atoms with Crippen LogP contribution in [0.1, 0.15) is 21.9 Å². The van der Waals surface area contributed by atoms with Crippen LogP contribution in [0.15, 0.2) is 45.4 Å². The first kappa shape index (κ1) is 14.7. The fourth-order valence-electron chi connectivity index (χ4n) is 1.67. The SMILES string of the molecule is Cc1nc(C(=O)Nc2nsc(SCc3ccccc3)n2)co1. The summed E-state index contributed by atoms with van der Waals surface area (Å²) < 4.78 is 9.92. The van der Waals surface area contributed by atoms with Crippen LogP contribution in [0.5, 0.6) is 0 Å². The van der Waals surface area contributed by atoms with Gasteiger partial charge in [0, 0.05) is 12.7 Å². The van der Waals surface area contributed by atoms with Gasteiger partial charge in [0.15, 0.2) is 15.9 Å². The molecule has 1 N–H and O–H groups in total. The van der Waals surface area contributed by atoms with Gasteiger partial charge in [-0.1, -0.05) is 42.1 Å². The van der Waals surface area contributed by atoms with Crippen LogP contribution >= 0.6 is 23.3 Å². The van der Waals surface area contributed by atoms with Crippen LogP contribution in [0.4, 0.5) is 5.95 Å². The number of hydrogen-bond acceptors (Lipinski definition) is 7. The lowest BCUT2D eigenvalue weighted by molar-refractivity contribution is 0.102. The number of aryl methyl sites for hydroxylation is 1. The van der Waals surface area contributed by atoms with E-state index >= 15 is 0 Å². The standard InChI is InChI=1S/C14H12N4O2S2/c1-9-15-11(7-20-9)12(19)16-13-17-14(22-18-13)21-8-10-5-3-2-4-6-10/h2-7H,8H2,1H3,(H,16,18,19). The highest BCUT2D eigenvalue weighted by molar-refractivity contribution is 8.00. The zero-order chi connectivity index (χ0) is 15.4. The minimum atomic E-state index is -0.380. The molecule has 2 aromatic heterocycles. The van der Waals surface area contributed by atoms with Crippen LogP contribution in [0.2, 0.25) is 0 Å². The van der Waals surface area contributed by atoms with E-state index in [0.29, 0.717) is 5.89 Å². The zero-order valence-electron chi connectivity index (χ0n) is 11.6. The molecule has 0 aliphatic rings. The summed E-state index contributed by atoms with van der Waals surface area (Å²) in [5.41, 5.74) is 1.43. The van der Waals surface area contributed by atoms with Crippen LogP contribution in [0.3, 0.4) is 0 Å². The number of aromatic nitrogens is 3. The molecule has 0 aliphatic heterocycles. The Balaban J connectivity index is 1.58. The van der Waals surface area contributed by atoms with Gasteiger partial charge in [0.25, 0.3) is 5.91 Å². The Morgan fingerprint density at radius 1 is 1.32 bits per heavy atom. The normalized spacial score (nSPS) is 10.6. The lowest BCUT2D eigenvalue weighted by Gasteiger charge is -1.97. The van der Waals surface area contributed by atoms with Crippen molar-refractivity contribution in [2.75, 3.05) is 5.32 Å². The molecule has 8 heteroatoms. The van der Waals surface area contributed by atoms with E-state index in [-0.39, 0.29) is 17.5 Å². The molecule has 0 unspecified atom stereocenters. The van der Waals surface area contributed by atoms with E-state index in [1.165, 1.54) is 23.4 Å². The molecule has 0 fully saturated rings. The summed E-state index contributed by atoms with van der Waals surface area (Å²) in [7, 11) is 0. The predicted octanol–water partition coefficient (Wildman–Crippen LogP) is 3.38. The van der Waals surface area contributed by atoms with Crippen molar-refractivity contribution >= 4 is 35.1 Å². The zero-order valence-corrected chi connectivity index (χ0v) is 13.3. The van der Waals surface area contributed by atoms with Gasteiger partial charge in [0.2, 0.25) is 5.95 Å². The molecular weight excluding hydrogens is 320 g/mol. The number of anilines is 1. The van der Waals surface area contributed by atoms with E-state index in [0.717, 1.165) is 10.1 Å². The molecular formula is C14H12N4O2S2. The predicted molar refractivity (Wildman–Crippen MR) is 85.1 cm³/mol. The average Bonchev–Trinajstić information content (AvgIpc) is 3.15. The molecule has 6 nitrogen and oxygen atoms in total. The van der Waals surface area contributed by atoms with Gasteiger partial charge in [-0.05, 0) is 17.1 Å². The number of hydrogen-bond donors (Lipinski definition) is 1. The molecule has 0 radical (unpaired) electrons. The number of nitrogens with zero attached hydrogens (tertiary/aromatic N) is 3. The molecule has 0 saturated carbocycles. The highest BCUT2D eigenvalue weighted by Crippen LogP contribution is 2.25. The molecule has 0 saturated heterocycles. The number of carbonyl (C=O) groups excluding carboxylic acids is 1. The van der Waals surface area contributed by atoms with Crippen LogP contribution < -0.4 is 5.32 Å². The molecule has 0 atom stereocenters. The minimum Gasteiger partial charge on any atom is -0.448 e. The van der Waals surface area contributed by atoms with Crippen molar-refractivity contribution < 1.29 is 9.21 Å². The fourth-order valence-corrected chi connectivity index (χ4v) is 3.18. The van der Waals surface area contributed by atoms with Crippen molar-refractivity contribution in [2.45, 2.75) is 17.0 Å². The van der Waals surface area contributed by atoms with Gasteiger partial charge in [-0.2, -0.15) is 9.36 Å². The smallest absolute Gasteiger partial charge is 0.280 e. The summed E-state index contributed by atoms with van der Waals surface area (Å²) in [5, 5.41) is 2.60. The Kier molecular flexibility index (Phi) is 4.50. The highest BCUT2D eigenvalue weighted by atomic mass is 32.2. The quantitative estimate of drug-likeness (QED) is 0.721. The van der Waals surface area contributed by atoms with Crippen molar-refractivity contribution in [1.29, 1.82) is 0 Å². The third-order valence-corrected chi connectivity index (χ3v) is 4.59. The van der Waals surface area contributed by atoms with Crippen LogP contribution in [0.25, 0.3) is 0 Å². The van der Waals surface area contributed by atoms with E-state index in [1.807, 2.05) is 18.2 Å². The second-order valence-corrected chi connectivity index (χ2v) is 6.34. The summed E-state index contributed by atoms with van der Waals surface area (Å²) >= 11 is 2.84. The highest BCUT2D eigenvalue weighted by Gasteiger charge is 2.13. The number of amides is 1. The molecule has 112 valence electrons. The summed E-state index contributed by atoms with van der Waals surface area (Å²) in [6, 6.07) is 10.1. The number of thioether (sulfide) groups is 1. The van der Waals surface area contributed by atoms with Crippen LogP contribution in [-0.2, 0) is 5.75 Å². The van der Waals surface area contributed by atoms with Crippen molar-refractivity contribution in [2.24, 2.45) is 0 Å². The van der Waals surface area contributed by atoms with E-state index in [1.54, 1.807) is 18.7 Å². The minimum absolute atomic E-state index is 0.214. The van der Waals surface area contributed by atoms with Gasteiger partial charge >= 0.3 is 0 Å². The van der Waals surface area contributed by atoms with Gasteiger partial charge in [-0.15, -0.1) is 0 Å². The lowest BCUT2D eigenvalue weighted by atomic mass is 10.2. The Morgan fingerprint density at radius 3 is 2.86 bits per heavy atom. The number of oxazole rings is 1. The second kappa shape index (κ2) is 6.71. The maximum Gasteiger partial charge on any atom is 0.280 e. The van der Waals surface area contributed by atoms with Crippen LogP contribution in [-0.4, -0.2) is 20.2 Å². The lowest BCUT2D eigenvalue weighted by Crippen LogP contribution is -2.13. The molecule has 0 aliphatic carbocycles. The average molecular weight is 332 g/mol. The first-order valence-corrected chi connectivity index (χ1v) is 8.20. The Morgan fingerprint density at radius 2 is 2.14 bits per heavy atom. The number of carbonyl (C=O) groups is 1. The topological polar surface area (TPSA) is 80.9 Å². The molecule has 0 bridgehead atoms. The molecule has 22 heavy (non-hydrogen) atoms. The summed E-state index contributed by atoms with van der Waals surface area (Å²) in [5.74, 6) is 1.15. The Labute approximate surface area is 135 Å². The molecule has 1 amide bonds. The summed E-state index contributed by atoms with van der Waals surface area (Å²) in [6.45, 7) is 1.68. The van der Waals surface area contributed by atoms with E-state index in [2.05, 4.69) is 31.8 Å². The molecule has 2 heterocycles. The van der Waals surface area contributed by atoms with Crippen LogP contribution in [0, 0.1) is 6.92 Å². The van der Waals surface area contributed by atoms with E-state index in [4.69, 9.17) is 4.42 Å². The van der Waals surface area contributed by atoms with Gasteiger partial charge in [0.1, 0.15) is 6.26 Å². The maximum absolute atomic E-state index is 11.9. The van der Waals surface area contributed by atoms with Crippen molar-refractivity contribution in [1.82, 2.24) is 14.3 Å².